The van der Waals surface area contributed by atoms with Crippen LogP contribution in [0.25, 0.3) is 0 Å². The molecule has 0 aliphatic rings. The molecule has 1 atom stereocenters. The number of aryl methyl sites for hydroxylation is 3. The van der Waals surface area contributed by atoms with Crippen LogP contribution in [0.4, 0.5) is 5.82 Å². The molecule has 104 valence electrons. The van der Waals surface area contributed by atoms with Crippen LogP contribution in [0, 0.1) is 32.1 Å². The Hall–Kier alpha value is -2.35. The van der Waals surface area contributed by atoms with Gasteiger partial charge in [0.05, 0.1) is 17.0 Å². The number of H-pyrrole nitrogens is 1. The third kappa shape index (κ3) is 3.15. The maximum atomic E-state index is 9.05. The van der Waals surface area contributed by atoms with Crippen molar-refractivity contribution in [3.63, 3.8) is 0 Å². The van der Waals surface area contributed by atoms with Gasteiger partial charge in [-0.05, 0) is 45.4 Å². The molecule has 2 aromatic rings. The van der Waals surface area contributed by atoms with Gasteiger partial charge in [0.2, 0.25) is 0 Å². The zero-order valence-electron chi connectivity index (χ0n) is 12.3. The number of nitrogens with one attached hydrogen (secondary N) is 2. The standard InChI is InChI=1S/C15H19N5/c1-9-5-15(18-12(4)14(9)8-16)17-10(2)6-13-7-11(3)19-20-13/h5,7,10H,6H2,1-4H3,(H,17,18)(H,19,20). The molecule has 0 fully saturated rings. The minimum atomic E-state index is 0.219. The largest absolute Gasteiger partial charge is 0.367 e. The van der Waals surface area contributed by atoms with Crippen LogP contribution in [-0.4, -0.2) is 21.2 Å². The summed E-state index contributed by atoms with van der Waals surface area (Å²) in [6, 6.07) is 6.36. The topological polar surface area (TPSA) is 77.4 Å². The Labute approximate surface area is 119 Å². The summed E-state index contributed by atoms with van der Waals surface area (Å²) in [5.74, 6) is 0.804. The molecular weight excluding hydrogens is 250 g/mol. The molecule has 5 nitrogen and oxygen atoms in total. The van der Waals surface area contributed by atoms with Gasteiger partial charge >= 0.3 is 0 Å². The van der Waals surface area contributed by atoms with Crippen LogP contribution in [0.5, 0.6) is 0 Å². The molecule has 0 radical (unpaired) electrons. The molecule has 0 bridgehead atoms. The number of nitriles is 1. The van der Waals surface area contributed by atoms with Crippen LogP contribution in [0.3, 0.4) is 0 Å². The Morgan fingerprint density at radius 2 is 2.10 bits per heavy atom. The highest BCUT2D eigenvalue weighted by molar-refractivity contribution is 5.49. The van der Waals surface area contributed by atoms with Crippen molar-refractivity contribution in [1.82, 2.24) is 15.2 Å². The van der Waals surface area contributed by atoms with Crippen molar-refractivity contribution in [3.8, 4) is 6.07 Å². The van der Waals surface area contributed by atoms with Crippen molar-refractivity contribution < 1.29 is 0 Å². The number of hydrogen-bond acceptors (Lipinski definition) is 4. The highest BCUT2D eigenvalue weighted by Crippen LogP contribution is 2.16. The highest BCUT2D eigenvalue weighted by atomic mass is 15.1. The lowest BCUT2D eigenvalue weighted by Gasteiger charge is -2.15. The van der Waals surface area contributed by atoms with Crippen LogP contribution >= 0.6 is 0 Å². The normalized spacial score (nSPS) is 11.9. The molecule has 20 heavy (non-hydrogen) atoms. The van der Waals surface area contributed by atoms with Gasteiger partial charge in [-0.15, -0.1) is 0 Å². The van der Waals surface area contributed by atoms with Gasteiger partial charge in [0, 0.05) is 18.2 Å². The number of nitrogens with zero attached hydrogens (tertiary/aromatic N) is 3. The molecule has 5 heteroatoms. The van der Waals surface area contributed by atoms with E-state index in [0.29, 0.717) is 5.56 Å². The van der Waals surface area contributed by atoms with Crippen molar-refractivity contribution in [2.75, 3.05) is 5.32 Å². The maximum absolute atomic E-state index is 9.05. The van der Waals surface area contributed by atoms with Gasteiger partial charge < -0.3 is 5.32 Å². The number of aromatic amines is 1. The van der Waals surface area contributed by atoms with Crippen LogP contribution in [-0.2, 0) is 6.42 Å². The molecule has 0 spiro atoms. The third-order valence-electron chi connectivity index (χ3n) is 3.18. The zero-order chi connectivity index (χ0) is 14.7. The van der Waals surface area contributed by atoms with Gasteiger partial charge in [-0.2, -0.15) is 10.4 Å². The average Bonchev–Trinajstić information content (AvgIpc) is 2.74. The number of anilines is 1. The predicted octanol–water partition coefficient (Wildman–Crippen LogP) is 2.64. The Kier molecular flexibility index (Phi) is 4.04. The fourth-order valence-corrected chi connectivity index (χ4v) is 2.27. The summed E-state index contributed by atoms with van der Waals surface area (Å²) >= 11 is 0. The third-order valence-corrected chi connectivity index (χ3v) is 3.18. The Morgan fingerprint density at radius 3 is 2.65 bits per heavy atom. The summed E-state index contributed by atoms with van der Waals surface area (Å²) in [5.41, 5.74) is 4.47. The summed E-state index contributed by atoms with van der Waals surface area (Å²) < 4.78 is 0. The van der Waals surface area contributed by atoms with E-state index < -0.39 is 0 Å². The SMILES string of the molecule is Cc1cc(CC(C)Nc2cc(C)c(C#N)c(C)n2)n[nH]1. The van der Waals surface area contributed by atoms with E-state index in [1.54, 1.807) is 0 Å². The second kappa shape index (κ2) is 5.74. The highest BCUT2D eigenvalue weighted by Gasteiger charge is 2.10. The molecule has 0 saturated heterocycles. The van der Waals surface area contributed by atoms with Gasteiger partial charge in [-0.25, -0.2) is 4.98 Å². The monoisotopic (exact) mass is 269 g/mol. The van der Waals surface area contributed by atoms with E-state index in [2.05, 4.69) is 33.5 Å². The van der Waals surface area contributed by atoms with Gasteiger partial charge in [0.15, 0.2) is 0 Å². The van der Waals surface area contributed by atoms with Crippen molar-refractivity contribution in [2.45, 2.75) is 40.2 Å². The molecule has 2 aromatic heterocycles. The molecule has 2 rings (SSSR count). The van der Waals surface area contributed by atoms with Crippen molar-refractivity contribution in [2.24, 2.45) is 0 Å². The summed E-state index contributed by atoms with van der Waals surface area (Å²) in [6.07, 6.45) is 0.824. The molecule has 2 N–H and O–H groups in total. The van der Waals surface area contributed by atoms with Crippen molar-refractivity contribution in [3.05, 3.63) is 40.3 Å². The van der Waals surface area contributed by atoms with E-state index in [1.807, 2.05) is 32.9 Å². The average molecular weight is 269 g/mol. The Morgan fingerprint density at radius 1 is 1.35 bits per heavy atom. The van der Waals surface area contributed by atoms with Gasteiger partial charge in [-0.1, -0.05) is 0 Å². The Bertz CT molecular complexity index is 628. The molecule has 1 unspecified atom stereocenters. The maximum Gasteiger partial charge on any atom is 0.126 e. The molecule has 0 saturated carbocycles. The minimum absolute atomic E-state index is 0.219. The lowest BCUT2D eigenvalue weighted by atomic mass is 10.1. The fraction of sp³-hybridized carbons (Fsp3) is 0.400. The Balaban J connectivity index is 2.08. The first-order chi connectivity index (χ1) is 9.49. The molecule has 2 heterocycles. The molecular formula is C15H19N5. The zero-order valence-corrected chi connectivity index (χ0v) is 12.3. The van der Waals surface area contributed by atoms with Crippen LogP contribution in [0.15, 0.2) is 12.1 Å². The number of pyridine rings is 1. The summed E-state index contributed by atoms with van der Waals surface area (Å²) in [7, 11) is 0. The molecule has 0 aliphatic heterocycles. The summed E-state index contributed by atoms with van der Waals surface area (Å²) in [6.45, 7) is 7.87. The van der Waals surface area contributed by atoms with E-state index in [0.717, 1.165) is 34.9 Å². The van der Waals surface area contributed by atoms with Crippen LogP contribution < -0.4 is 5.32 Å². The molecule has 0 amide bonds. The number of aromatic nitrogens is 3. The predicted molar refractivity (Wildman–Crippen MR) is 78.5 cm³/mol. The molecule has 0 aromatic carbocycles. The van der Waals surface area contributed by atoms with Crippen LogP contribution in [0.1, 0.15) is 35.1 Å². The smallest absolute Gasteiger partial charge is 0.126 e. The summed E-state index contributed by atoms with van der Waals surface area (Å²) in [4.78, 5) is 4.43. The van der Waals surface area contributed by atoms with Gasteiger partial charge in [0.25, 0.3) is 0 Å². The first kappa shape index (κ1) is 14.1. The van der Waals surface area contributed by atoms with E-state index in [4.69, 9.17) is 5.26 Å². The number of hydrogen-bond donors (Lipinski definition) is 2. The van der Waals surface area contributed by atoms with Crippen molar-refractivity contribution in [1.29, 1.82) is 5.26 Å². The first-order valence-corrected chi connectivity index (χ1v) is 6.65. The quantitative estimate of drug-likeness (QED) is 0.894. The second-order valence-corrected chi connectivity index (χ2v) is 5.19. The first-order valence-electron chi connectivity index (χ1n) is 6.65. The summed E-state index contributed by atoms with van der Waals surface area (Å²) in [5, 5.41) is 19.6. The lowest BCUT2D eigenvalue weighted by Crippen LogP contribution is -2.19. The van der Waals surface area contributed by atoms with Gasteiger partial charge in [0.1, 0.15) is 11.9 Å². The fourth-order valence-electron chi connectivity index (χ4n) is 2.27. The minimum Gasteiger partial charge on any atom is -0.367 e. The second-order valence-electron chi connectivity index (χ2n) is 5.19. The van der Waals surface area contributed by atoms with E-state index in [1.165, 1.54) is 0 Å². The van der Waals surface area contributed by atoms with E-state index in [-0.39, 0.29) is 6.04 Å². The van der Waals surface area contributed by atoms with Crippen molar-refractivity contribution >= 4 is 5.82 Å². The molecule has 0 aliphatic carbocycles. The van der Waals surface area contributed by atoms with E-state index in [9.17, 15) is 0 Å². The van der Waals surface area contributed by atoms with Gasteiger partial charge in [-0.3, -0.25) is 5.10 Å². The van der Waals surface area contributed by atoms with E-state index >= 15 is 0 Å². The lowest BCUT2D eigenvalue weighted by molar-refractivity contribution is 0.759. The van der Waals surface area contributed by atoms with Crippen LogP contribution in [0.2, 0.25) is 0 Å². The number of rotatable bonds is 4.